The van der Waals surface area contributed by atoms with Crippen LogP contribution in [0.3, 0.4) is 0 Å². The lowest BCUT2D eigenvalue weighted by Crippen LogP contribution is -2.47. The molecule has 0 radical (unpaired) electrons. The quantitative estimate of drug-likeness (QED) is 0.539. The SMILES string of the molecule is CN(C)C1C(N)CCN1C. The fraction of sp³-hybridized carbons (Fsp3) is 1.00. The molecule has 2 unspecified atom stereocenters. The van der Waals surface area contributed by atoms with E-state index < -0.39 is 0 Å². The Morgan fingerprint density at radius 2 is 2.10 bits per heavy atom. The van der Waals surface area contributed by atoms with Crippen LogP contribution < -0.4 is 5.73 Å². The number of nitrogens with two attached hydrogens (primary N) is 1. The van der Waals surface area contributed by atoms with Gasteiger partial charge in [0, 0.05) is 12.6 Å². The first-order valence-electron chi connectivity index (χ1n) is 3.75. The van der Waals surface area contributed by atoms with Crippen molar-refractivity contribution >= 4 is 0 Å². The summed E-state index contributed by atoms with van der Waals surface area (Å²) in [4.78, 5) is 4.47. The summed E-state index contributed by atoms with van der Waals surface area (Å²) in [7, 11) is 6.27. The molecule has 0 aliphatic carbocycles. The Hall–Kier alpha value is -0.120. The standard InChI is InChI=1S/C7H17N3/c1-9(2)7-6(8)4-5-10(7)3/h6-7H,4-5,8H2,1-3H3. The third kappa shape index (κ3) is 1.31. The minimum Gasteiger partial charge on any atom is -0.325 e. The van der Waals surface area contributed by atoms with Crippen molar-refractivity contribution in [2.24, 2.45) is 5.73 Å². The normalized spacial score (nSPS) is 35.7. The summed E-state index contributed by atoms with van der Waals surface area (Å²) < 4.78 is 0. The van der Waals surface area contributed by atoms with Gasteiger partial charge in [-0.3, -0.25) is 9.80 Å². The van der Waals surface area contributed by atoms with Crippen LogP contribution in [0.15, 0.2) is 0 Å². The molecule has 0 saturated carbocycles. The highest BCUT2D eigenvalue weighted by atomic mass is 15.4. The molecule has 0 spiro atoms. The molecule has 60 valence electrons. The average Bonchev–Trinajstić information content (AvgIpc) is 2.11. The van der Waals surface area contributed by atoms with Gasteiger partial charge in [0.05, 0.1) is 6.17 Å². The molecule has 1 saturated heterocycles. The topological polar surface area (TPSA) is 32.5 Å². The zero-order valence-corrected chi connectivity index (χ0v) is 7.04. The number of nitrogens with zero attached hydrogens (tertiary/aromatic N) is 2. The molecule has 0 amide bonds. The zero-order chi connectivity index (χ0) is 7.72. The summed E-state index contributed by atoms with van der Waals surface area (Å²) in [6, 6.07) is 0.333. The van der Waals surface area contributed by atoms with Gasteiger partial charge in [-0.2, -0.15) is 0 Å². The van der Waals surface area contributed by atoms with E-state index in [0.717, 1.165) is 13.0 Å². The molecular formula is C7H17N3. The number of rotatable bonds is 1. The molecule has 3 nitrogen and oxygen atoms in total. The molecule has 1 rings (SSSR count). The third-order valence-corrected chi connectivity index (χ3v) is 2.18. The highest BCUT2D eigenvalue weighted by Gasteiger charge is 2.29. The van der Waals surface area contributed by atoms with Gasteiger partial charge in [0.25, 0.3) is 0 Å². The summed E-state index contributed by atoms with van der Waals surface area (Å²) in [5.41, 5.74) is 5.89. The van der Waals surface area contributed by atoms with Crippen LogP contribution in [0.1, 0.15) is 6.42 Å². The predicted octanol–water partition coefficient (Wildman–Crippen LogP) is -0.463. The summed E-state index contributed by atoms with van der Waals surface area (Å²) in [6.45, 7) is 1.13. The van der Waals surface area contributed by atoms with Gasteiger partial charge in [0.2, 0.25) is 0 Å². The molecule has 2 atom stereocenters. The van der Waals surface area contributed by atoms with Crippen molar-refractivity contribution in [3.05, 3.63) is 0 Å². The summed E-state index contributed by atoms with van der Waals surface area (Å²) in [6.07, 6.45) is 1.57. The molecule has 1 fully saturated rings. The first-order chi connectivity index (χ1) is 4.63. The fourth-order valence-electron chi connectivity index (χ4n) is 1.74. The number of likely N-dealkylation sites (tertiary alicyclic amines) is 1. The van der Waals surface area contributed by atoms with Crippen molar-refractivity contribution in [3.8, 4) is 0 Å². The van der Waals surface area contributed by atoms with E-state index >= 15 is 0 Å². The lowest BCUT2D eigenvalue weighted by Gasteiger charge is -2.29. The van der Waals surface area contributed by atoms with Gasteiger partial charge in [0.1, 0.15) is 0 Å². The fourth-order valence-corrected chi connectivity index (χ4v) is 1.74. The Morgan fingerprint density at radius 1 is 1.50 bits per heavy atom. The van der Waals surface area contributed by atoms with Crippen LogP contribution in [0.2, 0.25) is 0 Å². The van der Waals surface area contributed by atoms with Gasteiger partial charge in [-0.05, 0) is 27.6 Å². The van der Waals surface area contributed by atoms with Crippen molar-refractivity contribution in [3.63, 3.8) is 0 Å². The van der Waals surface area contributed by atoms with Gasteiger partial charge >= 0.3 is 0 Å². The molecule has 1 aliphatic heterocycles. The maximum absolute atomic E-state index is 5.89. The van der Waals surface area contributed by atoms with Crippen molar-refractivity contribution in [2.75, 3.05) is 27.7 Å². The predicted molar refractivity (Wildman–Crippen MR) is 42.7 cm³/mol. The van der Waals surface area contributed by atoms with Crippen LogP contribution in [0.25, 0.3) is 0 Å². The largest absolute Gasteiger partial charge is 0.325 e. The first kappa shape index (κ1) is 7.98. The Labute approximate surface area is 62.8 Å². The molecule has 0 aromatic heterocycles. The van der Waals surface area contributed by atoms with E-state index in [9.17, 15) is 0 Å². The molecule has 1 aliphatic rings. The van der Waals surface area contributed by atoms with Crippen LogP contribution in [0.5, 0.6) is 0 Å². The van der Waals surface area contributed by atoms with Crippen molar-refractivity contribution < 1.29 is 0 Å². The Morgan fingerprint density at radius 3 is 2.30 bits per heavy atom. The lowest BCUT2D eigenvalue weighted by atomic mass is 10.2. The second-order valence-electron chi connectivity index (χ2n) is 3.31. The van der Waals surface area contributed by atoms with Gasteiger partial charge in [0.15, 0.2) is 0 Å². The van der Waals surface area contributed by atoms with Crippen LogP contribution in [-0.2, 0) is 0 Å². The van der Waals surface area contributed by atoms with E-state index in [4.69, 9.17) is 5.73 Å². The molecule has 3 heteroatoms. The third-order valence-electron chi connectivity index (χ3n) is 2.18. The second kappa shape index (κ2) is 2.86. The summed E-state index contributed by atoms with van der Waals surface area (Å²) >= 11 is 0. The van der Waals surface area contributed by atoms with Gasteiger partial charge in [-0.25, -0.2) is 0 Å². The van der Waals surface area contributed by atoms with Crippen LogP contribution >= 0.6 is 0 Å². The summed E-state index contributed by atoms with van der Waals surface area (Å²) in [5.74, 6) is 0. The van der Waals surface area contributed by atoms with E-state index in [1.807, 2.05) is 0 Å². The highest BCUT2D eigenvalue weighted by Crippen LogP contribution is 2.14. The minimum absolute atomic E-state index is 0.333. The maximum Gasteiger partial charge on any atom is 0.0771 e. The highest BCUT2D eigenvalue weighted by molar-refractivity contribution is 4.85. The Kier molecular flexibility index (Phi) is 2.28. The van der Waals surface area contributed by atoms with E-state index in [-0.39, 0.29) is 0 Å². The smallest absolute Gasteiger partial charge is 0.0771 e. The van der Waals surface area contributed by atoms with E-state index in [1.54, 1.807) is 0 Å². The second-order valence-corrected chi connectivity index (χ2v) is 3.31. The van der Waals surface area contributed by atoms with Crippen molar-refractivity contribution in [1.29, 1.82) is 0 Å². The number of hydrogen-bond acceptors (Lipinski definition) is 3. The van der Waals surface area contributed by atoms with Crippen LogP contribution in [0, 0.1) is 0 Å². The zero-order valence-electron chi connectivity index (χ0n) is 7.04. The Bertz CT molecular complexity index is 103. The number of likely N-dealkylation sites (N-methyl/N-ethyl adjacent to an activating group) is 2. The van der Waals surface area contributed by atoms with Gasteiger partial charge in [-0.15, -0.1) is 0 Å². The minimum atomic E-state index is 0.333. The molecular weight excluding hydrogens is 126 g/mol. The first-order valence-corrected chi connectivity index (χ1v) is 3.75. The molecule has 0 bridgehead atoms. The molecule has 1 heterocycles. The molecule has 0 aromatic rings. The van der Waals surface area contributed by atoms with Crippen molar-refractivity contribution in [2.45, 2.75) is 18.6 Å². The number of hydrogen-bond donors (Lipinski definition) is 1. The van der Waals surface area contributed by atoms with Crippen molar-refractivity contribution in [1.82, 2.24) is 9.80 Å². The van der Waals surface area contributed by atoms with Crippen LogP contribution in [0.4, 0.5) is 0 Å². The maximum atomic E-state index is 5.89. The van der Waals surface area contributed by atoms with E-state index in [1.165, 1.54) is 0 Å². The van der Waals surface area contributed by atoms with Gasteiger partial charge < -0.3 is 5.73 Å². The lowest BCUT2D eigenvalue weighted by molar-refractivity contribution is 0.135. The van der Waals surface area contributed by atoms with Crippen LogP contribution in [-0.4, -0.2) is 49.7 Å². The van der Waals surface area contributed by atoms with Gasteiger partial charge in [-0.1, -0.05) is 0 Å². The van der Waals surface area contributed by atoms with E-state index in [0.29, 0.717) is 12.2 Å². The Balaban J connectivity index is 2.54. The summed E-state index contributed by atoms with van der Waals surface area (Å²) in [5, 5.41) is 0. The molecule has 10 heavy (non-hydrogen) atoms. The van der Waals surface area contributed by atoms with E-state index in [2.05, 4.69) is 30.9 Å². The monoisotopic (exact) mass is 143 g/mol. The average molecular weight is 143 g/mol. The molecule has 0 aromatic carbocycles. The molecule has 2 N–H and O–H groups in total.